The highest BCUT2D eigenvalue weighted by Gasteiger charge is 2.34. The van der Waals surface area contributed by atoms with Gasteiger partial charge < -0.3 is 24.4 Å². The maximum Gasteiger partial charge on any atom is 0.264 e. The lowest BCUT2D eigenvalue weighted by Gasteiger charge is -2.34. The van der Waals surface area contributed by atoms with Gasteiger partial charge in [0.15, 0.2) is 11.5 Å². The summed E-state index contributed by atoms with van der Waals surface area (Å²) < 4.78 is 45.9. The fourth-order valence-corrected chi connectivity index (χ4v) is 6.19. The number of amides is 2. The number of methoxy groups -OCH3 is 1. The Morgan fingerprint density at radius 1 is 0.930 bits per heavy atom. The van der Waals surface area contributed by atoms with Crippen LogP contribution in [0.5, 0.6) is 17.2 Å². The maximum absolute atomic E-state index is 14.3. The number of fused-ring (bicyclic) bond motifs is 1. The molecule has 230 valence electrons. The standard InChI is InChI=1S/C32H39N3O7S/c1-5-23(3)33-32(37)28(6-2)34(21-24-11-10-12-26(19-24)40-4)31(36)22-35(43(38,39)27-13-8-7-9-14-27)25-15-16-29-30(20-25)42-18-17-41-29/h7-16,19-20,23,28H,5-6,17-18,21-22H2,1-4H3,(H,33,37)/t23-,28-/m0/s1. The number of sulfonamides is 1. The Hall–Kier alpha value is -4.25. The number of rotatable bonds is 13. The zero-order valence-corrected chi connectivity index (χ0v) is 25.8. The van der Waals surface area contributed by atoms with Gasteiger partial charge in [0, 0.05) is 18.7 Å². The minimum Gasteiger partial charge on any atom is -0.497 e. The van der Waals surface area contributed by atoms with E-state index in [9.17, 15) is 18.0 Å². The molecule has 3 aromatic rings. The fraction of sp³-hybridized carbons (Fsp3) is 0.375. The molecule has 2 atom stereocenters. The number of hydrogen-bond donors (Lipinski definition) is 1. The molecule has 43 heavy (non-hydrogen) atoms. The SMILES string of the molecule is CC[C@H](C)NC(=O)[C@H](CC)N(Cc1cccc(OC)c1)C(=O)CN(c1ccc2c(c1)OCCO2)S(=O)(=O)c1ccccc1. The second-order valence-electron chi connectivity index (χ2n) is 10.3. The van der Waals surface area contributed by atoms with Crippen molar-refractivity contribution in [1.29, 1.82) is 0 Å². The van der Waals surface area contributed by atoms with Crippen molar-refractivity contribution >= 4 is 27.5 Å². The smallest absolute Gasteiger partial charge is 0.264 e. The normalized spacial score (nSPS) is 13.9. The third kappa shape index (κ3) is 7.59. The predicted octanol–water partition coefficient (Wildman–Crippen LogP) is 4.38. The number of ether oxygens (including phenoxy) is 3. The lowest BCUT2D eigenvalue weighted by Crippen LogP contribution is -2.53. The molecule has 0 aromatic heterocycles. The number of nitrogens with zero attached hydrogens (tertiary/aromatic N) is 2. The molecule has 0 radical (unpaired) electrons. The largest absolute Gasteiger partial charge is 0.497 e. The molecule has 1 aliphatic rings. The number of carbonyl (C=O) groups is 2. The van der Waals surface area contributed by atoms with E-state index < -0.39 is 28.5 Å². The Balaban J connectivity index is 1.76. The summed E-state index contributed by atoms with van der Waals surface area (Å²) in [5.41, 5.74) is 0.971. The zero-order chi connectivity index (χ0) is 31.0. The number of benzene rings is 3. The van der Waals surface area contributed by atoms with Crippen molar-refractivity contribution in [3.63, 3.8) is 0 Å². The van der Waals surface area contributed by atoms with E-state index in [2.05, 4.69) is 5.32 Å². The van der Waals surface area contributed by atoms with Crippen LogP contribution in [0, 0.1) is 0 Å². The zero-order valence-electron chi connectivity index (χ0n) is 25.0. The lowest BCUT2D eigenvalue weighted by molar-refractivity contribution is -0.140. The summed E-state index contributed by atoms with van der Waals surface area (Å²) >= 11 is 0. The van der Waals surface area contributed by atoms with E-state index in [1.807, 2.05) is 26.8 Å². The molecule has 11 heteroatoms. The van der Waals surface area contributed by atoms with Gasteiger partial charge in [-0.25, -0.2) is 8.42 Å². The number of hydrogen-bond acceptors (Lipinski definition) is 7. The molecular formula is C32H39N3O7S. The molecule has 0 unspecified atom stereocenters. The van der Waals surface area contributed by atoms with E-state index in [4.69, 9.17) is 14.2 Å². The van der Waals surface area contributed by atoms with Crippen LogP contribution in [0.25, 0.3) is 0 Å². The van der Waals surface area contributed by atoms with E-state index in [1.54, 1.807) is 61.7 Å². The average molecular weight is 610 g/mol. The van der Waals surface area contributed by atoms with Gasteiger partial charge in [0.05, 0.1) is 17.7 Å². The van der Waals surface area contributed by atoms with Gasteiger partial charge in [0.1, 0.15) is 31.5 Å². The monoisotopic (exact) mass is 609 g/mol. The van der Waals surface area contributed by atoms with Crippen LogP contribution in [0.4, 0.5) is 5.69 Å². The summed E-state index contributed by atoms with van der Waals surface area (Å²) in [4.78, 5) is 29.2. The topological polar surface area (TPSA) is 114 Å². The first-order valence-corrected chi connectivity index (χ1v) is 15.8. The van der Waals surface area contributed by atoms with E-state index in [1.165, 1.54) is 17.0 Å². The van der Waals surface area contributed by atoms with Crippen molar-refractivity contribution in [2.75, 3.05) is 31.2 Å². The highest BCUT2D eigenvalue weighted by molar-refractivity contribution is 7.92. The van der Waals surface area contributed by atoms with E-state index in [-0.39, 0.29) is 29.1 Å². The van der Waals surface area contributed by atoms with Crippen molar-refractivity contribution in [3.05, 3.63) is 78.4 Å². The average Bonchev–Trinajstić information content (AvgIpc) is 3.03. The number of anilines is 1. The van der Waals surface area contributed by atoms with Gasteiger partial charge in [-0.2, -0.15) is 0 Å². The Morgan fingerprint density at radius 3 is 2.33 bits per heavy atom. The molecule has 0 saturated carbocycles. The first-order valence-electron chi connectivity index (χ1n) is 14.4. The van der Waals surface area contributed by atoms with Gasteiger partial charge in [-0.1, -0.05) is 44.2 Å². The van der Waals surface area contributed by atoms with Crippen molar-refractivity contribution in [2.45, 2.75) is 57.1 Å². The summed E-state index contributed by atoms with van der Waals surface area (Å²) in [5, 5.41) is 2.98. The molecular weight excluding hydrogens is 570 g/mol. The van der Waals surface area contributed by atoms with Gasteiger partial charge in [-0.05, 0) is 61.7 Å². The first-order chi connectivity index (χ1) is 20.7. The minimum absolute atomic E-state index is 0.0265. The molecule has 2 amide bonds. The molecule has 10 nitrogen and oxygen atoms in total. The predicted molar refractivity (Wildman–Crippen MR) is 164 cm³/mol. The lowest BCUT2D eigenvalue weighted by atomic mass is 10.1. The number of nitrogens with one attached hydrogen (secondary N) is 1. The number of carbonyl (C=O) groups excluding carboxylic acids is 2. The third-order valence-electron chi connectivity index (χ3n) is 7.30. The van der Waals surface area contributed by atoms with E-state index in [0.29, 0.717) is 36.9 Å². The molecule has 0 saturated heterocycles. The van der Waals surface area contributed by atoms with E-state index >= 15 is 0 Å². The van der Waals surface area contributed by atoms with Crippen LogP contribution in [0.15, 0.2) is 77.7 Å². The van der Waals surface area contributed by atoms with Crippen LogP contribution in [-0.2, 0) is 26.2 Å². The van der Waals surface area contributed by atoms with Crippen molar-refractivity contribution in [2.24, 2.45) is 0 Å². The third-order valence-corrected chi connectivity index (χ3v) is 9.09. The Bertz CT molecular complexity index is 1510. The molecule has 0 spiro atoms. The molecule has 1 heterocycles. The Labute approximate surface area is 253 Å². The van der Waals surface area contributed by atoms with Gasteiger partial charge in [0.25, 0.3) is 10.0 Å². The van der Waals surface area contributed by atoms with Crippen LogP contribution in [0.3, 0.4) is 0 Å². The van der Waals surface area contributed by atoms with Crippen molar-refractivity contribution in [1.82, 2.24) is 10.2 Å². The van der Waals surface area contributed by atoms with Crippen LogP contribution >= 0.6 is 0 Å². The minimum atomic E-state index is -4.20. The van der Waals surface area contributed by atoms with Gasteiger partial charge in [-0.3, -0.25) is 13.9 Å². The summed E-state index contributed by atoms with van der Waals surface area (Å²) in [6.07, 6.45) is 1.05. The van der Waals surface area contributed by atoms with Gasteiger partial charge in [0.2, 0.25) is 11.8 Å². The second kappa shape index (κ2) is 14.3. The second-order valence-corrected chi connectivity index (χ2v) is 12.1. The quantitative estimate of drug-likeness (QED) is 0.306. The van der Waals surface area contributed by atoms with Crippen LogP contribution in [0.2, 0.25) is 0 Å². The van der Waals surface area contributed by atoms with E-state index in [0.717, 1.165) is 16.3 Å². The Morgan fingerprint density at radius 2 is 1.65 bits per heavy atom. The summed E-state index contributed by atoms with van der Waals surface area (Å²) in [5.74, 6) is 0.641. The molecule has 1 N–H and O–H groups in total. The van der Waals surface area contributed by atoms with Crippen molar-refractivity contribution in [3.8, 4) is 17.2 Å². The Kier molecular flexibility index (Phi) is 10.5. The van der Waals surface area contributed by atoms with Crippen LogP contribution in [0.1, 0.15) is 39.2 Å². The molecule has 0 fully saturated rings. The molecule has 0 bridgehead atoms. The molecule has 4 rings (SSSR count). The van der Waals surface area contributed by atoms with Crippen LogP contribution in [-0.4, -0.2) is 64.1 Å². The summed E-state index contributed by atoms with van der Waals surface area (Å²) in [6, 6.07) is 19.0. The van der Waals surface area contributed by atoms with Gasteiger partial charge >= 0.3 is 0 Å². The highest BCUT2D eigenvalue weighted by Crippen LogP contribution is 2.36. The first kappa shape index (κ1) is 31.7. The summed E-state index contributed by atoms with van der Waals surface area (Å²) in [7, 11) is -2.65. The van der Waals surface area contributed by atoms with Crippen molar-refractivity contribution < 1.29 is 32.2 Å². The summed E-state index contributed by atoms with van der Waals surface area (Å²) in [6.45, 7) is 5.91. The fourth-order valence-electron chi connectivity index (χ4n) is 4.76. The molecule has 3 aromatic carbocycles. The van der Waals surface area contributed by atoms with Crippen LogP contribution < -0.4 is 23.8 Å². The maximum atomic E-state index is 14.3. The molecule has 0 aliphatic carbocycles. The highest BCUT2D eigenvalue weighted by atomic mass is 32.2. The molecule has 1 aliphatic heterocycles. The van der Waals surface area contributed by atoms with Gasteiger partial charge in [-0.15, -0.1) is 0 Å².